The zero-order valence-corrected chi connectivity index (χ0v) is 12.2. The molecule has 0 aliphatic heterocycles. The van der Waals surface area contributed by atoms with Crippen LogP contribution < -0.4 is 0 Å². The summed E-state index contributed by atoms with van der Waals surface area (Å²) in [7, 11) is 0. The highest BCUT2D eigenvalue weighted by molar-refractivity contribution is 5.67. The smallest absolute Gasteiger partial charge is 0.303 e. The molecule has 2 heteroatoms. The first kappa shape index (κ1) is 14.3. The van der Waals surface area contributed by atoms with Crippen molar-refractivity contribution in [2.75, 3.05) is 0 Å². The molecule has 20 heavy (non-hydrogen) atoms. The van der Waals surface area contributed by atoms with Crippen LogP contribution in [0.25, 0.3) is 11.1 Å². The van der Waals surface area contributed by atoms with Crippen LogP contribution in [0.3, 0.4) is 0 Å². The third-order valence-electron chi connectivity index (χ3n) is 3.42. The Morgan fingerprint density at radius 1 is 1.00 bits per heavy atom. The van der Waals surface area contributed by atoms with Gasteiger partial charge in [0, 0.05) is 6.92 Å². The standard InChI is InChI=1S/C18H20O2/c1-4-15-5-7-17(8-6-15)18-11-9-16(10-12-18)13(2)20-14(3)19/h5-13H,4H2,1-3H3. The van der Waals surface area contributed by atoms with Gasteiger partial charge in [0.2, 0.25) is 0 Å². The molecular weight excluding hydrogens is 248 g/mol. The van der Waals surface area contributed by atoms with Gasteiger partial charge in [0.15, 0.2) is 0 Å². The molecule has 2 aromatic carbocycles. The molecule has 0 saturated carbocycles. The number of ether oxygens (including phenoxy) is 1. The normalized spacial score (nSPS) is 11.9. The predicted octanol–water partition coefficient (Wildman–Crippen LogP) is 4.54. The molecule has 2 aromatic rings. The quantitative estimate of drug-likeness (QED) is 0.761. The van der Waals surface area contributed by atoms with Crippen molar-refractivity contribution in [3.8, 4) is 11.1 Å². The van der Waals surface area contributed by atoms with E-state index in [0.717, 1.165) is 12.0 Å². The molecule has 0 bridgehead atoms. The van der Waals surface area contributed by atoms with Crippen LogP contribution in [0.15, 0.2) is 48.5 Å². The van der Waals surface area contributed by atoms with E-state index in [0.29, 0.717) is 0 Å². The molecular formula is C18H20O2. The molecule has 0 heterocycles. The fourth-order valence-electron chi connectivity index (χ4n) is 2.20. The van der Waals surface area contributed by atoms with Crippen LogP contribution in [0.4, 0.5) is 0 Å². The lowest BCUT2D eigenvalue weighted by Gasteiger charge is -2.12. The van der Waals surface area contributed by atoms with Crippen molar-refractivity contribution in [2.45, 2.75) is 33.3 Å². The fraction of sp³-hybridized carbons (Fsp3) is 0.278. The number of rotatable bonds is 4. The van der Waals surface area contributed by atoms with Crippen molar-refractivity contribution in [1.29, 1.82) is 0 Å². The number of carbonyl (C=O) groups is 1. The molecule has 0 fully saturated rings. The summed E-state index contributed by atoms with van der Waals surface area (Å²) >= 11 is 0. The summed E-state index contributed by atoms with van der Waals surface area (Å²) in [4.78, 5) is 11.0. The number of carbonyl (C=O) groups excluding carboxylic acids is 1. The highest BCUT2D eigenvalue weighted by Gasteiger charge is 2.08. The Morgan fingerprint density at radius 2 is 1.50 bits per heavy atom. The summed E-state index contributed by atoms with van der Waals surface area (Å²) < 4.78 is 5.17. The lowest BCUT2D eigenvalue weighted by Crippen LogP contribution is -2.04. The summed E-state index contributed by atoms with van der Waals surface area (Å²) in [6.07, 6.45) is 0.850. The molecule has 0 radical (unpaired) electrons. The first-order valence-corrected chi connectivity index (χ1v) is 6.96. The van der Waals surface area contributed by atoms with E-state index in [1.54, 1.807) is 0 Å². The lowest BCUT2D eigenvalue weighted by molar-refractivity contribution is -0.145. The van der Waals surface area contributed by atoms with Crippen molar-refractivity contribution in [3.63, 3.8) is 0 Å². The maximum absolute atomic E-state index is 11.0. The molecule has 2 nitrogen and oxygen atoms in total. The van der Waals surface area contributed by atoms with Crippen molar-refractivity contribution in [3.05, 3.63) is 59.7 Å². The zero-order valence-electron chi connectivity index (χ0n) is 12.2. The van der Waals surface area contributed by atoms with Gasteiger partial charge < -0.3 is 4.74 Å². The summed E-state index contributed by atoms with van der Waals surface area (Å²) in [6, 6.07) is 16.8. The maximum atomic E-state index is 11.0. The highest BCUT2D eigenvalue weighted by atomic mass is 16.5. The van der Waals surface area contributed by atoms with Gasteiger partial charge in [-0.15, -0.1) is 0 Å². The molecule has 1 unspecified atom stereocenters. The Balaban J connectivity index is 2.16. The summed E-state index contributed by atoms with van der Waals surface area (Å²) in [5.74, 6) is -0.253. The number of benzene rings is 2. The van der Waals surface area contributed by atoms with E-state index >= 15 is 0 Å². The molecule has 0 aromatic heterocycles. The number of hydrogen-bond acceptors (Lipinski definition) is 2. The van der Waals surface area contributed by atoms with E-state index in [4.69, 9.17) is 4.74 Å². The van der Waals surface area contributed by atoms with Crippen LogP contribution in [0.5, 0.6) is 0 Å². The molecule has 104 valence electrons. The van der Waals surface area contributed by atoms with Gasteiger partial charge in [-0.05, 0) is 35.6 Å². The van der Waals surface area contributed by atoms with Crippen molar-refractivity contribution < 1.29 is 9.53 Å². The first-order chi connectivity index (χ1) is 9.60. The first-order valence-electron chi connectivity index (χ1n) is 6.96. The van der Waals surface area contributed by atoms with E-state index in [-0.39, 0.29) is 12.1 Å². The fourth-order valence-corrected chi connectivity index (χ4v) is 2.20. The number of hydrogen-bond donors (Lipinski definition) is 0. The largest absolute Gasteiger partial charge is 0.458 e. The van der Waals surface area contributed by atoms with E-state index < -0.39 is 0 Å². The summed E-state index contributed by atoms with van der Waals surface area (Å²) in [5.41, 5.74) is 4.73. The zero-order chi connectivity index (χ0) is 14.5. The van der Waals surface area contributed by atoms with E-state index in [1.165, 1.54) is 23.6 Å². The van der Waals surface area contributed by atoms with Crippen LogP contribution in [0, 0.1) is 0 Å². The molecule has 0 aliphatic carbocycles. The van der Waals surface area contributed by atoms with Gasteiger partial charge in [-0.3, -0.25) is 4.79 Å². The van der Waals surface area contributed by atoms with Gasteiger partial charge in [0.25, 0.3) is 0 Å². The van der Waals surface area contributed by atoms with Crippen molar-refractivity contribution in [2.24, 2.45) is 0 Å². The number of esters is 1. The van der Waals surface area contributed by atoms with E-state index in [1.807, 2.05) is 19.1 Å². The summed E-state index contributed by atoms with van der Waals surface area (Å²) in [5, 5.41) is 0. The third kappa shape index (κ3) is 3.47. The Morgan fingerprint density at radius 3 is 1.95 bits per heavy atom. The second-order valence-electron chi connectivity index (χ2n) is 4.92. The van der Waals surface area contributed by atoms with Crippen LogP contribution in [0.1, 0.15) is 38.0 Å². The van der Waals surface area contributed by atoms with Crippen molar-refractivity contribution in [1.82, 2.24) is 0 Å². The van der Waals surface area contributed by atoms with Gasteiger partial charge >= 0.3 is 5.97 Å². The molecule has 0 amide bonds. The molecule has 0 saturated heterocycles. The van der Waals surface area contributed by atoms with Crippen LogP contribution in [-0.4, -0.2) is 5.97 Å². The van der Waals surface area contributed by atoms with E-state index in [9.17, 15) is 4.79 Å². The lowest BCUT2D eigenvalue weighted by atomic mass is 10.0. The molecule has 0 N–H and O–H groups in total. The monoisotopic (exact) mass is 268 g/mol. The van der Waals surface area contributed by atoms with Gasteiger partial charge in [0.1, 0.15) is 6.10 Å². The van der Waals surface area contributed by atoms with E-state index in [2.05, 4.69) is 43.3 Å². The second kappa shape index (κ2) is 6.38. The molecule has 0 spiro atoms. The average Bonchev–Trinajstić information content (AvgIpc) is 2.47. The third-order valence-corrected chi connectivity index (χ3v) is 3.42. The Labute approximate surface area is 120 Å². The molecule has 0 aliphatic rings. The predicted molar refractivity (Wildman–Crippen MR) is 81.4 cm³/mol. The maximum Gasteiger partial charge on any atom is 0.303 e. The number of aryl methyl sites for hydroxylation is 1. The van der Waals surface area contributed by atoms with Crippen molar-refractivity contribution >= 4 is 5.97 Å². The van der Waals surface area contributed by atoms with Gasteiger partial charge in [-0.1, -0.05) is 55.5 Å². The minimum Gasteiger partial charge on any atom is -0.458 e. The topological polar surface area (TPSA) is 26.3 Å². The Hall–Kier alpha value is -2.09. The van der Waals surface area contributed by atoms with Gasteiger partial charge in [-0.2, -0.15) is 0 Å². The van der Waals surface area contributed by atoms with Crippen LogP contribution in [0.2, 0.25) is 0 Å². The molecule has 1 atom stereocenters. The van der Waals surface area contributed by atoms with Gasteiger partial charge in [0.05, 0.1) is 0 Å². The SMILES string of the molecule is CCc1ccc(-c2ccc(C(C)OC(C)=O)cc2)cc1. The van der Waals surface area contributed by atoms with Gasteiger partial charge in [-0.25, -0.2) is 0 Å². The van der Waals surface area contributed by atoms with Crippen LogP contribution in [-0.2, 0) is 16.0 Å². The Bertz CT molecular complexity index is 567. The highest BCUT2D eigenvalue weighted by Crippen LogP contribution is 2.24. The summed E-state index contributed by atoms with van der Waals surface area (Å²) in [6.45, 7) is 5.47. The van der Waals surface area contributed by atoms with Crippen LogP contribution >= 0.6 is 0 Å². The second-order valence-corrected chi connectivity index (χ2v) is 4.92. The molecule has 2 rings (SSSR count). The average molecular weight is 268 g/mol. The minimum absolute atomic E-state index is 0.205. The minimum atomic E-state index is -0.253. The Kier molecular flexibility index (Phi) is 4.57.